The molecular formula is C12H20F2N2O2. The highest BCUT2D eigenvalue weighted by Crippen LogP contribution is 2.28. The molecule has 4 nitrogen and oxygen atoms in total. The molecule has 0 atom stereocenters. The zero-order valence-electron chi connectivity index (χ0n) is 11.0. The van der Waals surface area contributed by atoms with Gasteiger partial charge in [0.1, 0.15) is 5.60 Å². The van der Waals surface area contributed by atoms with Crippen molar-refractivity contribution >= 4 is 6.09 Å². The average molecular weight is 262 g/mol. The maximum Gasteiger partial charge on any atom is 0.410 e. The largest absolute Gasteiger partial charge is 0.444 e. The number of amides is 1. The molecule has 104 valence electrons. The number of nitrogens with zero attached hydrogens (tertiary/aromatic N) is 1. The molecule has 18 heavy (non-hydrogen) atoms. The van der Waals surface area contributed by atoms with Crippen molar-refractivity contribution in [1.82, 2.24) is 4.90 Å². The van der Waals surface area contributed by atoms with Gasteiger partial charge in [0.05, 0.1) is 6.54 Å². The Hall–Kier alpha value is -1.17. The van der Waals surface area contributed by atoms with Crippen LogP contribution < -0.4 is 5.73 Å². The second-order valence-electron chi connectivity index (χ2n) is 5.31. The van der Waals surface area contributed by atoms with E-state index in [1.807, 2.05) is 0 Å². The highest BCUT2D eigenvalue weighted by Gasteiger charge is 2.35. The summed E-state index contributed by atoms with van der Waals surface area (Å²) in [6.07, 6.45) is 1.01. The molecular weight excluding hydrogens is 242 g/mol. The summed E-state index contributed by atoms with van der Waals surface area (Å²) >= 11 is 0. The lowest BCUT2D eigenvalue weighted by Crippen LogP contribution is -2.42. The molecule has 1 heterocycles. The molecule has 0 aromatic carbocycles. The van der Waals surface area contributed by atoms with Crippen molar-refractivity contribution in [2.45, 2.75) is 38.7 Å². The van der Waals surface area contributed by atoms with E-state index in [2.05, 4.69) is 0 Å². The molecule has 2 N–H and O–H groups in total. The van der Waals surface area contributed by atoms with Crippen LogP contribution in [0.2, 0.25) is 0 Å². The van der Waals surface area contributed by atoms with Gasteiger partial charge in [0.25, 0.3) is 5.92 Å². The summed E-state index contributed by atoms with van der Waals surface area (Å²) in [5.74, 6) is -2.97. The van der Waals surface area contributed by atoms with Crippen LogP contribution in [0.15, 0.2) is 11.6 Å². The molecule has 0 aromatic rings. The number of alkyl halides is 2. The zero-order chi connectivity index (χ0) is 14.0. The standard InChI is InChI=1S/C12H20F2N2O2/c1-11(2,3)18-10(17)16-6-4-9(5-7-16)12(13,14)8-15/h4H,5-8,15H2,1-3H3. The van der Waals surface area contributed by atoms with Gasteiger partial charge in [-0.05, 0) is 32.8 Å². The fraction of sp³-hybridized carbons (Fsp3) is 0.750. The number of halogens is 2. The Labute approximate surface area is 106 Å². The molecule has 0 aliphatic carbocycles. The van der Waals surface area contributed by atoms with Crippen molar-refractivity contribution in [2.75, 3.05) is 19.6 Å². The molecule has 0 aromatic heterocycles. The van der Waals surface area contributed by atoms with Gasteiger partial charge < -0.3 is 15.4 Å². The third-order valence-corrected chi connectivity index (χ3v) is 2.59. The van der Waals surface area contributed by atoms with Crippen LogP contribution in [0.3, 0.4) is 0 Å². The van der Waals surface area contributed by atoms with Gasteiger partial charge in [0, 0.05) is 13.1 Å². The summed E-state index contributed by atoms with van der Waals surface area (Å²) < 4.78 is 31.8. The monoisotopic (exact) mass is 262 g/mol. The maximum absolute atomic E-state index is 13.3. The molecule has 6 heteroatoms. The molecule has 0 saturated carbocycles. The van der Waals surface area contributed by atoms with Gasteiger partial charge in [-0.15, -0.1) is 0 Å². The highest BCUT2D eigenvalue weighted by molar-refractivity contribution is 5.68. The predicted molar refractivity (Wildman–Crippen MR) is 64.5 cm³/mol. The van der Waals surface area contributed by atoms with Gasteiger partial charge in [0.15, 0.2) is 0 Å². The summed E-state index contributed by atoms with van der Waals surface area (Å²) in [6, 6.07) is 0. The second kappa shape index (κ2) is 5.22. The smallest absolute Gasteiger partial charge is 0.410 e. The van der Waals surface area contributed by atoms with Gasteiger partial charge in [-0.2, -0.15) is 0 Å². The topological polar surface area (TPSA) is 55.6 Å². The Balaban J connectivity index is 2.61. The van der Waals surface area contributed by atoms with E-state index < -0.39 is 24.2 Å². The zero-order valence-corrected chi connectivity index (χ0v) is 11.0. The van der Waals surface area contributed by atoms with Gasteiger partial charge in [-0.1, -0.05) is 6.08 Å². The molecule has 1 amide bonds. The third-order valence-electron chi connectivity index (χ3n) is 2.59. The molecule has 0 saturated heterocycles. The van der Waals surface area contributed by atoms with Crippen molar-refractivity contribution in [3.05, 3.63) is 11.6 Å². The average Bonchev–Trinajstić information content (AvgIpc) is 2.27. The summed E-state index contributed by atoms with van der Waals surface area (Å²) in [5, 5.41) is 0. The van der Waals surface area contributed by atoms with E-state index in [1.165, 1.54) is 11.0 Å². The minimum atomic E-state index is -2.97. The lowest BCUT2D eigenvalue weighted by atomic mass is 10.0. The first-order valence-electron chi connectivity index (χ1n) is 5.91. The van der Waals surface area contributed by atoms with Gasteiger partial charge in [-0.25, -0.2) is 13.6 Å². The summed E-state index contributed by atoms with van der Waals surface area (Å²) in [4.78, 5) is 13.1. The number of rotatable bonds is 2. The van der Waals surface area contributed by atoms with E-state index in [9.17, 15) is 13.6 Å². The number of ether oxygens (including phenoxy) is 1. The highest BCUT2D eigenvalue weighted by atomic mass is 19.3. The van der Waals surface area contributed by atoms with Crippen molar-refractivity contribution in [2.24, 2.45) is 5.73 Å². The van der Waals surface area contributed by atoms with Crippen LogP contribution in [0.1, 0.15) is 27.2 Å². The Bertz CT molecular complexity index is 348. The first-order valence-corrected chi connectivity index (χ1v) is 5.91. The van der Waals surface area contributed by atoms with E-state index >= 15 is 0 Å². The molecule has 0 bridgehead atoms. The second-order valence-corrected chi connectivity index (χ2v) is 5.31. The van der Waals surface area contributed by atoms with E-state index in [0.29, 0.717) is 0 Å². The van der Waals surface area contributed by atoms with Crippen LogP contribution in [0, 0.1) is 0 Å². The van der Waals surface area contributed by atoms with Crippen molar-refractivity contribution in [1.29, 1.82) is 0 Å². The van der Waals surface area contributed by atoms with E-state index in [-0.39, 0.29) is 25.1 Å². The predicted octanol–water partition coefficient (Wildman–Crippen LogP) is 2.15. The minimum Gasteiger partial charge on any atom is -0.444 e. The molecule has 0 spiro atoms. The van der Waals surface area contributed by atoms with E-state index in [4.69, 9.17) is 10.5 Å². The first kappa shape index (κ1) is 14.9. The number of hydrogen-bond acceptors (Lipinski definition) is 3. The fourth-order valence-corrected chi connectivity index (χ4v) is 1.62. The number of carbonyl (C=O) groups is 1. The normalized spacial score (nSPS) is 17.4. The molecule has 1 rings (SSSR count). The Morgan fingerprint density at radius 2 is 2.11 bits per heavy atom. The van der Waals surface area contributed by atoms with E-state index in [0.717, 1.165) is 0 Å². The quantitative estimate of drug-likeness (QED) is 0.776. The lowest BCUT2D eigenvalue weighted by Gasteiger charge is -2.31. The van der Waals surface area contributed by atoms with Crippen molar-refractivity contribution in [3.8, 4) is 0 Å². The maximum atomic E-state index is 13.3. The Kier molecular flexibility index (Phi) is 4.32. The Morgan fingerprint density at radius 1 is 1.50 bits per heavy atom. The van der Waals surface area contributed by atoms with Gasteiger partial charge >= 0.3 is 6.09 Å². The van der Waals surface area contributed by atoms with Gasteiger partial charge in [-0.3, -0.25) is 0 Å². The number of nitrogens with two attached hydrogens (primary N) is 1. The summed E-state index contributed by atoms with van der Waals surface area (Å²) in [6.45, 7) is 4.96. The van der Waals surface area contributed by atoms with Crippen LogP contribution >= 0.6 is 0 Å². The summed E-state index contributed by atoms with van der Waals surface area (Å²) in [7, 11) is 0. The van der Waals surface area contributed by atoms with E-state index in [1.54, 1.807) is 20.8 Å². The van der Waals surface area contributed by atoms with Crippen LogP contribution in [0.4, 0.5) is 13.6 Å². The van der Waals surface area contributed by atoms with Crippen LogP contribution in [-0.2, 0) is 4.74 Å². The molecule has 0 unspecified atom stereocenters. The molecule has 0 fully saturated rings. The van der Waals surface area contributed by atoms with Crippen LogP contribution in [0.25, 0.3) is 0 Å². The van der Waals surface area contributed by atoms with Gasteiger partial charge in [0.2, 0.25) is 0 Å². The number of carbonyl (C=O) groups excluding carboxylic acids is 1. The molecule has 1 aliphatic rings. The number of hydrogen-bond donors (Lipinski definition) is 1. The molecule has 1 aliphatic heterocycles. The van der Waals surface area contributed by atoms with Crippen LogP contribution in [0.5, 0.6) is 0 Å². The SMILES string of the molecule is CC(C)(C)OC(=O)N1CC=C(C(F)(F)CN)CC1. The fourth-order valence-electron chi connectivity index (χ4n) is 1.62. The summed E-state index contributed by atoms with van der Waals surface area (Å²) in [5.41, 5.74) is 4.44. The first-order chi connectivity index (χ1) is 8.15. The van der Waals surface area contributed by atoms with Crippen LogP contribution in [-0.4, -0.2) is 42.2 Å². The minimum absolute atomic E-state index is 0.00445. The molecule has 0 radical (unpaired) electrons. The lowest BCUT2D eigenvalue weighted by molar-refractivity contribution is 0.0199. The Morgan fingerprint density at radius 3 is 2.50 bits per heavy atom. The van der Waals surface area contributed by atoms with Crippen molar-refractivity contribution in [3.63, 3.8) is 0 Å². The van der Waals surface area contributed by atoms with Crippen molar-refractivity contribution < 1.29 is 18.3 Å². The third kappa shape index (κ3) is 3.94.